The summed E-state index contributed by atoms with van der Waals surface area (Å²) in [5, 5.41) is 3.50. The van der Waals surface area contributed by atoms with Crippen molar-refractivity contribution in [1.82, 2.24) is 4.90 Å². The van der Waals surface area contributed by atoms with E-state index in [4.69, 9.17) is 11.6 Å². The van der Waals surface area contributed by atoms with E-state index in [9.17, 15) is 9.59 Å². The van der Waals surface area contributed by atoms with E-state index < -0.39 is 0 Å². The van der Waals surface area contributed by atoms with Crippen molar-refractivity contribution >= 4 is 29.1 Å². The Morgan fingerprint density at radius 2 is 2.05 bits per heavy atom. The van der Waals surface area contributed by atoms with Crippen LogP contribution in [0.2, 0.25) is 5.02 Å². The van der Waals surface area contributed by atoms with E-state index in [0.29, 0.717) is 17.3 Å². The average molecular weight is 309 g/mol. The van der Waals surface area contributed by atoms with E-state index in [1.807, 2.05) is 33.8 Å². The van der Waals surface area contributed by atoms with Crippen LogP contribution >= 0.6 is 11.6 Å². The maximum absolute atomic E-state index is 12.4. The molecule has 1 aromatic rings. The van der Waals surface area contributed by atoms with Crippen LogP contribution in [-0.2, 0) is 9.59 Å². The number of nitrogens with one attached hydrogen (secondary N) is 1. The Kier molecular flexibility index (Phi) is 4.28. The molecule has 1 aromatic carbocycles. The number of anilines is 1. The van der Waals surface area contributed by atoms with Gasteiger partial charge in [-0.25, -0.2) is 0 Å². The van der Waals surface area contributed by atoms with Crippen LogP contribution in [0.25, 0.3) is 0 Å². The monoisotopic (exact) mass is 308 g/mol. The lowest BCUT2D eigenvalue weighted by Crippen LogP contribution is -2.42. The number of nitrogens with zero attached hydrogens (tertiary/aromatic N) is 1. The third-order valence-corrected chi connectivity index (χ3v) is 4.24. The number of halogens is 1. The molecule has 0 aliphatic carbocycles. The molecule has 1 fully saturated rings. The maximum Gasteiger partial charge on any atom is 0.229 e. The molecule has 1 saturated heterocycles. The zero-order valence-corrected chi connectivity index (χ0v) is 13.6. The third-order valence-electron chi connectivity index (χ3n) is 3.83. The zero-order chi connectivity index (χ0) is 15.8. The molecule has 2 amide bonds. The molecule has 0 unspecified atom stereocenters. The molecule has 1 aliphatic rings. The second kappa shape index (κ2) is 5.68. The zero-order valence-electron chi connectivity index (χ0n) is 12.9. The van der Waals surface area contributed by atoms with Crippen LogP contribution < -0.4 is 5.32 Å². The molecule has 1 N–H and O–H groups in total. The first kappa shape index (κ1) is 15.8. The van der Waals surface area contributed by atoms with E-state index in [2.05, 4.69) is 5.32 Å². The molecule has 4 nitrogen and oxygen atoms in total. The summed E-state index contributed by atoms with van der Waals surface area (Å²) in [6.07, 6.45) is 0.267. The summed E-state index contributed by atoms with van der Waals surface area (Å²) in [5.74, 6) is -0.402. The summed E-state index contributed by atoms with van der Waals surface area (Å²) in [6.45, 7) is 8.26. The number of hydrogen-bond donors (Lipinski definition) is 1. The summed E-state index contributed by atoms with van der Waals surface area (Å²) in [6, 6.07) is 5.40. The molecule has 0 spiro atoms. The van der Waals surface area contributed by atoms with Crippen molar-refractivity contribution in [3.63, 3.8) is 0 Å². The van der Waals surface area contributed by atoms with Crippen LogP contribution in [0.4, 0.5) is 5.69 Å². The quantitative estimate of drug-likeness (QED) is 0.912. The Labute approximate surface area is 130 Å². The van der Waals surface area contributed by atoms with Crippen LogP contribution in [-0.4, -0.2) is 28.8 Å². The van der Waals surface area contributed by atoms with Gasteiger partial charge in [-0.1, -0.05) is 17.7 Å². The molecule has 0 bridgehead atoms. The third kappa shape index (κ3) is 3.38. The molecule has 1 aliphatic heterocycles. The molecule has 5 heteroatoms. The SMILES string of the molecule is Cc1c(Cl)cccc1NC(=O)[C@@H]1CC(=O)N(C(C)(C)C)C1. The van der Waals surface area contributed by atoms with Crippen LogP contribution in [0.5, 0.6) is 0 Å². The smallest absolute Gasteiger partial charge is 0.229 e. The van der Waals surface area contributed by atoms with Gasteiger partial charge in [0.25, 0.3) is 0 Å². The van der Waals surface area contributed by atoms with Gasteiger partial charge >= 0.3 is 0 Å². The van der Waals surface area contributed by atoms with E-state index in [-0.39, 0.29) is 29.7 Å². The molecular weight excluding hydrogens is 288 g/mol. The van der Waals surface area contributed by atoms with Gasteiger partial charge in [-0.15, -0.1) is 0 Å². The highest BCUT2D eigenvalue weighted by Crippen LogP contribution is 2.28. The fourth-order valence-corrected chi connectivity index (χ4v) is 2.68. The highest BCUT2D eigenvalue weighted by Gasteiger charge is 2.39. The van der Waals surface area contributed by atoms with Crippen molar-refractivity contribution in [3.8, 4) is 0 Å². The number of benzene rings is 1. The van der Waals surface area contributed by atoms with Gasteiger partial charge < -0.3 is 10.2 Å². The average Bonchev–Trinajstić information content (AvgIpc) is 2.77. The van der Waals surface area contributed by atoms with E-state index in [1.165, 1.54) is 0 Å². The van der Waals surface area contributed by atoms with Crippen LogP contribution in [0.1, 0.15) is 32.8 Å². The van der Waals surface area contributed by atoms with Crippen LogP contribution in [0, 0.1) is 12.8 Å². The van der Waals surface area contributed by atoms with Crippen molar-refractivity contribution < 1.29 is 9.59 Å². The number of carbonyl (C=O) groups is 2. The van der Waals surface area contributed by atoms with Gasteiger partial charge in [0.15, 0.2) is 0 Å². The van der Waals surface area contributed by atoms with Gasteiger partial charge in [0.05, 0.1) is 5.92 Å². The van der Waals surface area contributed by atoms with Crippen LogP contribution in [0.3, 0.4) is 0 Å². The number of carbonyl (C=O) groups excluding carboxylic acids is 2. The number of amides is 2. The molecule has 2 rings (SSSR count). The Morgan fingerprint density at radius 1 is 1.38 bits per heavy atom. The maximum atomic E-state index is 12.4. The lowest BCUT2D eigenvalue weighted by molar-refractivity contribution is -0.131. The first-order valence-electron chi connectivity index (χ1n) is 7.06. The Balaban J connectivity index is 2.09. The minimum Gasteiger partial charge on any atom is -0.337 e. The van der Waals surface area contributed by atoms with Gasteiger partial charge in [0.2, 0.25) is 11.8 Å². The minimum absolute atomic E-state index is 0.0328. The number of hydrogen-bond acceptors (Lipinski definition) is 2. The first-order chi connectivity index (χ1) is 9.70. The summed E-state index contributed by atoms with van der Waals surface area (Å²) in [7, 11) is 0. The molecule has 1 heterocycles. The molecule has 0 aromatic heterocycles. The van der Waals surface area contributed by atoms with Gasteiger partial charge in [0, 0.05) is 29.2 Å². The Bertz CT molecular complexity index is 578. The standard InChI is InChI=1S/C16H21ClN2O2/c1-10-12(17)6-5-7-13(10)18-15(21)11-8-14(20)19(9-11)16(2,3)4/h5-7,11H,8-9H2,1-4H3,(H,18,21)/t11-/m1/s1. The second-order valence-corrected chi connectivity index (χ2v) is 6.89. The minimum atomic E-state index is -0.310. The van der Waals surface area contributed by atoms with E-state index in [0.717, 1.165) is 5.56 Å². The van der Waals surface area contributed by atoms with Gasteiger partial charge in [0.1, 0.15) is 0 Å². The van der Waals surface area contributed by atoms with Gasteiger partial charge in [-0.2, -0.15) is 0 Å². The number of likely N-dealkylation sites (tertiary alicyclic amines) is 1. The molecule has 114 valence electrons. The predicted molar refractivity (Wildman–Crippen MR) is 84.4 cm³/mol. The first-order valence-corrected chi connectivity index (χ1v) is 7.44. The topological polar surface area (TPSA) is 49.4 Å². The van der Waals surface area contributed by atoms with Crippen LogP contribution in [0.15, 0.2) is 18.2 Å². The predicted octanol–water partition coefficient (Wildman–Crippen LogP) is 3.23. The molecular formula is C16H21ClN2O2. The lowest BCUT2D eigenvalue weighted by atomic mass is 10.1. The van der Waals surface area contributed by atoms with E-state index in [1.54, 1.807) is 17.0 Å². The molecule has 0 radical (unpaired) electrons. The largest absolute Gasteiger partial charge is 0.337 e. The summed E-state index contributed by atoms with van der Waals surface area (Å²) in [4.78, 5) is 26.2. The second-order valence-electron chi connectivity index (χ2n) is 6.48. The van der Waals surface area contributed by atoms with Crippen molar-refractivity contribution in [2.24, 2.45) is 5.92 Å². The number of rotatable bonds is 2. The molecule has 1 atom stereocenters. The highest BCUT2D eigenvalue weighted by molar-refractivity contribution is 6.31. The summed E-state index contributed by atoms with van der Waals surface area (Å²) >= 11 is 6.05. The van der Waals surface area contributed by atoms with Crippen molar-refractivity contribution in [2.75, 3.05) is 11.9 Å². The van der Waals surface area contributed by atoms with Crippen molar-refractivity contribution in [2.45, 2.75) is 39.7 Å². The Morgan fingerprint density at radius 3 is 2.62 bits per heavy atom. The summed E-state index contributed by atoms with van der Waals surface area (Å²) in [5.41, 5.74) is 1.29. The molecule has 0 saturated carbocycles. The molecule has 21 heavy (non-hydrogen) atoms. The lowest BCUT2D eigenvalue weighted by Gasteiger charge is -2.31. The normalized spacial score (nSPS) is 19.0. The fourth-order valence-electron chi connectivity index (χ4n) is 2.51. The van der Waals surface area contributed by atoms with E-state index >= 15 is 0 Å². The van der Waals surface area contributed by atoms with Gasteiger partial charge in [-0.3, -0.25) is 9.59 Å². The summed E-state index contributed by atoms with van der Waals surface area (Å²) < 4.78 is 0. The Hall–Kier alpha value is -1.55. The highest BCUT2D eigenvalue weighted by atomic mass is 35.5. The van der Waals surface area contributed by atoms with Gasteiger partial charge in [-0.05, 0) is 45.4 Å². The fraction of sp³-hybridized carbons (Fsp3) is 0.500. The van der Waals surface area contributed by atoms with Crippen molar-refractivity contribution in [3.05, 3.63) is 28.8 Å². The van der Waals surface area contributed by atoms with Crippen molar-refractivity contribution in [1.29, 1.82) is 0 Å².